The molecule has 1 amide bonds. The van der Waals surface area contributed by atoms with Gasteiger partial charge < -0.3 is 15.0 Å². The Hall–Kier alpha value is -2.11. The number of carbonyl (C=O) groups excluding carboxylic acids is 1. The number of nitrogens with zero attached hydrogens (tertiary/aromatic N) is 2. The van der Waals surface area contributed by atoms with Gasteiger partial charge in [-0.1, -0.05) is 37.6 Å². The quantitative estimate of drug-likeness (QED) is 0.783. The standard InChI is InChI=1S/C22H28ClN3O2/c1-4-15(2)21-20(22(27)24-14-17-5-7-18(23)8-6-17)16(3)13-19(25-21)26-9-11-28-12-10-26/h5-8,13,15H,4,9-12,14H2,1-3H3,(H,24,27). The largest absolute Gasteiger partial charge is 0.378 e. The summed E-state index contributed by atoms with van der Waals surface area (Å²) < 4.78 is 5.45. The molecular weight excluding hydrogens is 374 g/mol. The first-order valence-electron chi connectivity index (χ1n) is 9.86. The second kappa shape index (κ2) is 9.39. The molecular formula is C22H28ClN3O2. The SMILES string of the molecule is CCC(C)c1nc(N2CCOCC2)cc(C)c1C(=O)NCc1ccc(Cl)cc1. The molecule has 1 aromatic carbocycles. The number of hydrogen-bond donors (Lipinski definition) is 1. The number of carbonyl (C=O) groups is 1. The molecule has 28 heavy (non-hydrogen) atoms. The van der Waals surface area contributed by atoms with E-state index in [0.29, 0.717) is 30.3 Å². The highest BCUT2D eigenvalue weighted by atomic mass is 35.5. The van der Waals surface area contributed by atoms with Crippen LogP contribution in [-0.2, 0) is 11.3 Å². The van der Waals surface area contributed by atoms with Gasteiger partial charge in [0.1, 0.15) is 5.82 Å². The lowest BCUT2D eigenvalue weighted by molar-refractivity contribution is 0.0948. The normalized spacial score (nSPS) is 15.4. The van der Waals surface area contributed by atoms with Crippen LogP contribution in [0.4, 0.5) is 5.82 Å². The number of amides is 1. The Morgan fingerprint density at radius 2 is 1.96 bits per heavy atom. The zero-order chi connectivity index (χ0) is 20.1. The van der Waals surface area contributed by atoms with Crippen molar-refractivity contribution >= 4 is 23.3 Å². The fraction of sp³-hybridized carbons (Fsp3) is 0.455. The third-order valence-electron chi connectivity index (χ3n) is 5.24. The van der Waals surface area contributed by atoms with E-state index >= 15 is 0 Å². The van der Waals surface area contributed by atoms with Crippen LogP contribution in [0.15, 0.2) is 30.3 Å². The predicted octanol–water partition coefficient (Wildman–Crippen LogP) is 4.32. The number of aromatic nitrogens is 1. The Morgan fingerprint density at radius 1 is 1.29 bits per heavy atom. The number of pyridine rings is 1. The van der Waals surface area contributed by atoms with Crippen molar-refractivity contribution in [1.29, 1.82) is 0 Å². The van der Waals surface area contributed by atoms with Crippen molar-refractivity contribution in [3.05, 3.63) is 57.7 Å². The van der Waals surface area contributed by atoms with Gasteiger partial charge in [0.05, 0.1) is 24.5 Å². The first-order chi connectivity index (χ1) is 13.5. The van der Waals surface area contributed by atoms with E-state index in [9.17, 15) is 4.79 Å². The molecule has 6 heteroatoms. The third-order valence-corrected chi connectivity index (χ3v) is 5.49. The lowest BCUT2D eigenvalue weighted by Gasteiger charge is -2.29. The summed E-state index contributed by atoms with van der Waals surface area (Å²) in [6, 6.07) is 9.53. The molecule has 1 saturated heterocycles. The van der Waals surface area contributed by atoms with E-state index < -0.39 is 0 Å². The van der Waals surface area contributed by atoms with Gasteiger partial charge in [-0.05, 0) is 48.6 Å². The van der Waals surface area contributed by atoms with Gasteiger partial charge in [-0.15, -0.1) is 0 Å². The molecule has 150 valence electrons. The van der Waals surface area contributed by atoms with Gasteiger partial charge in [0, 0.05) is 24.7 Å². The molecule has 0 aliphatic carbocycles. The van der Waals surface area contributed by atoms with Crippen LogP contribution in [0, 0.1) is 6.92 Å². The number of aryl methyl sites for hydroxylation is 1. The fourth-order valence-corrected chi connectivity index (χ4v) is 3.48. The van der Waals surface area contributed by atoms with E-state index in [4.69, 9.17) is 21.3 Å². The molecule has 0 bridgehead atoms. The van der Waals surface area contributed by atoms with Crippen LogP contribution < -0.4 is 10.2 Å². The van der Waals surface area contributed by atoms with Crippen molar-refractivity contribution in [2.45, 2.75) is 39.7 Å². The number of rotatable bonds is 6. The summed E-state index contributed by atoms with van der Waals surface area (Å²) in [5.74, 6) is 1.06. The molecule has 2 aromatic rings. The summed E-state index contributed by atoms with van der Waals surface area (Å²) in [6.07, 6.45) is 0.927. The summed E-state index contributed by atoms with van der Waals surface area (Å²) in [5, 5.41) is 3.73. The lowest BCUT2D eigenvalue weighted by atomic mass is 9.95. The van der Waals surface area contributed by atoms with E-state index in [1.165, 1.54) is 0 Å². The maximum absolute atomic E-state index is 13.0. The van der Waals surface area contributed by atoms with Gasteiger partial charge in [0.2, 0.25) is 0 Å². The van der Waals surface area contributed by atoms with E-state index in [-0.39, 0.29) is 11.8 Å². The van der Waals surface area contributed by atoms with E-state index in [2.05, 4.69) is 24.1 Å². The minimum absolute atomic E-state index is 0.0798. The van der Waals surface area contributed by atoms with Crippen molar-refractivity contribution in [3.63, 3.8) is 0 Å². The molecule has 1 atom stereocenters. The number of benzene rings is 1. The zero-order valence-corrected chi connectivity index (χ0v) is 17.6. The maximum atomic E-state index is 13.0. The minimum Gasteiger partial charge on any atom is -0.378 e. The van der Waals surface area contributed by atoms with Crippen LogP contribution in [0.5, 0.6) is 0 Å². The highest BCUT2D eigenvalue weighted by molar-refractivity contribution is 6.30. The van der Waals surface area contributed by atoms with Crippen LogP contribution >= 0.6 is 11.6 Å². The molecule has 1 N–H and O–H groups in total. The van der Waals surface area contributed by atoms with E-state index in [1.54, 1.807) is 0 Å². The minimum atomic E-state index is -0.0798. The topological polar surface area (TPSA) is 54.5 Å². The third kappa shape index (κ3) is 4.83. The summed E-state index contributed by atoms with van der Waals surface area (Å²) in [5.41, 5.74) is 3.54. The smallest absolute Gasteiger partial charge is 0.253 e. The van der Waals surface area contributed by atoms with Crippen molar-refractivity contribution in [2.75, 3.05) is 31.2 Å². The Morgan fingerprint density at radius 3 is 2.61 bits per heavy atom. The molecule has 1 fully saturated rings. The fourth-order valence-electron chi connectivity index (χ4n) is 3.35. The molecule has 0 spiro atoms. The van der Waals surface area contributed by atoms with Gasteiger partial charge in [-0.2, -0.15) is 0 Å². The van der Waals surface area contributed by atoms with Crippen molar-refractivity contribution in [1.82, 2.24) is 10.3 Å². The van der Waals surface area contributed by atoms with Crippen molar-refractivity contribution in [3.8, 4) is 0 Å². The lowest BCUT2D eigenvalue weighted by Crippen LogP contribution is -2.37. The number of hydrogen-bond acceptors (Lipinski definition) is 4. The Balaban J connectivity index is 1.85. The maximum Gasteiger partial charge on any atom is 0.253 e. The first kappa shape index (κ1) is 20.6. The summed E-state index contributed by atoms with van der Waals surface area (Å²) in [4.78, 5) is 20.2. The van der Waals surface area contributed by atoms with Gasteiger partial charge >= 0.3 is 0 Å². The Bertz CT molecular complexity index is 817. The molecule has 0 radical (unpaired) electrons. The average molecular weight is 402 g/mol. The summed E-state index contributed by atoms with van der Waals surface area (Å²) in [6.45, 7) is 9.78. The molecule has 3 rings (SSSR count). The van der Waals surface area contributed by atoms with Crippen LogP contribution in [0.1, 0.15) is 53.4 Å². The van der Waals surface area contributed by atoms with Gasteiger partial charge in [-0.25, -0.2) is 4.98 Å². The number of ether oxygens (including phenoxy) is 1. The second-order valence-corrected chi connectivity index (χ2v) is 7.71. The number of anilines is 1. The molecule has 1 aliphatic rings. The Kier molecular flexibility index (Phi) is 6.92. The van der Waals surface area contributed by atoms with Crippen LogP contribution in [0.3, 0.4) is 0 Å². The molecule has 1 aliphatic heterocycles. The monoisotopic (exact) mass is 401 g/mol. The molecule has 1 unspecified atom stereocenters. The average Bonchev–Trinajstić information content (AvgIpc) is 2.72. The zero-order valence-electron chi connectivity index (χ0n) is 16.8. The van der Waals surface area contributed by atoms with Crippen LogP contribution in [0.25, 0.3) is 0 Å². The van der Waals surface area contributed by atoms with Crippen LogP contribution in [-0.4, -0.2) is 37.2 Å². The number of halogens is 1. The molecule has 0 saturated carbocycles. The molecule has 2 heterocycles. The van der Waals surface area contributed by atoms with E-state index in [0.717, 1.165) is 42.1 Å². The van der Waals surface area contributed by atoms with Gasteiger partial charge in [-0.3, -0.25) is 4.79 Å². The van der Waals surface area contributed by atoms with Crippen LogP contribution in [0.2, 0.25) is 5.02 Å². The van der Waals surface area contributed by atoms with Crippen molar-refractivity contribution in [2.24, 2.45) is 0 Å². The number of morpholine rings is 1. The summed E-state index contributed by atoms with van der Waals surface area (Å²) >= 11 is 5.93. The highest BCUT2D eigenvalue weighted by Gasteiger charge is 2.23. The van der Waals surface area contributed by atoms with Gasteiger partial charge in [0.25, 0.3) is 5.91 Å². The highest BCUT2D eigenvalue weighted by Crippen LogP contribution is 2.28. The molecule has 5 nitrogen and oxygen atoms in total. The second-order valence-electron chi connectivity index (χ2n) is 7.28. The predicted molar refractivity (Wildman–Crippen MR) is 113 cm³/mol. The number of nitrogens with one attached hydrogen (secondary N) is 1. The van der Waals surface area contributed by atoms with Crippen molar-refractivity contribution < 1.29 is 9.53 Å². The Labute approximate surface area is 172 Å². The summed E-state index contributed by atoms with van der Waals surface area (Å²) in [7, 11) is 0. The van der Waals surface area contributed by atoms with E-state index in [1.807, 2.05) is 37.3 Å². The first-order valence-corrected chi connectivity index (χ1v) is 10.2. The molecule has 1 aromatic heterocycles. The van der Waals surface area contributed by atoms with Gasteiger partial charge in [0.15, 0.2) is 0 Å².